The molecule has 184 valence electrons. The molecule has 0 aromatic carbocycles. The van der Waals surface area contributed by atoms with Crippen LogP contribution in [-0.4, -0.2) is 48.0 Å². The maximum atomic E-state index is 13.0. The lowest BCUT2D eigenvalue weighted by molar-refractivity contribution is -0.168. The zero-order valence-electron chi connectivity index (χ0n) is 20.8. The number of ether oxygens (including phenoxy) is 2. The second-order valence-electron chi connectivity index (χ2n) is 11.9. The summed E-state index contributed by atoms with van der Waals surface area (Å²) in [7, 11) is 0. The number of rotatable bonds is 8. The van der Waals surface area contributed by atoms with Crippen LogP contribution in [0.5, 0.6) is 0 Å². The molecule has 4 rings (SSSR count). The number of carbonyl (C=O) groups excluding carboxylic acids is 4. The van der Waals surface area contributed by atoms with E-state index in [9.17, 15) is 19.2 Å². The molecule has 0 aromatic heterocycles. The Balaban J connectivity index is 1.20. The third-order valence-electron chi connectivity index (χ3n) is 10.3. The lowest BCUT2D eigenvalue weighted by Gasteiger charge is -2.35. The van der Waals surface area contributed by atoms with E-state index in [0.29, 0.717) is 38.8 Å². The topological polar surface area (TPSA) is 111 Å². The van der Waals surface area contributed by atoms with E-state index >= 15 is 0 Å². The van der Waals surface area contributed by atoms with E-state index in [4.69, 9.17) is 9.47 Å². The summed E-state index contributed by atoms with van der Waals surface area (Å²) in [6, 6.07) is 0. The van der Waals surface area contributed by atoms with Gasteiger partial charge in [0.25, 0.3) is 11.8 Å². The van der Waals surface area contributed by atoms with Crippen LogP contribution in [0, 0.1) is 21.7 Å². The van der Waals surface area contributed by atoms with Crippen LogP contribution in [0.4, 0.5) is 0 Å². The van der Waals surface area contributed by atoms with Crippen LogP contribution in [0.15, 0.2) is 0 Å². The molecule has 0 aromatic rings. The van der Waals surface area contributed by atoms with Gasteiger partial charge in [-0.1, -0.05) is 27.7 Å². The molecule has 4 fully saturated rings. The second-order valence-corrected chi connectivity index (χ2v) is 11.9. The van der Waals surface area contributed by atoms with E-state index < -0.39 is 32.9 Å². The number of nitrogens with one attached hydrogen (secondary N) is 2. The van der Waals surface area contributed by atoms with Crippen molar-refractivity contribution < 1.29 is 28.7 Å². The lowest BCUT2D eigenvalue weighted by Crippen LogP contribution is -2.53. The van der Waals surface area contributed by atoms with Crippen molar-refractivity contribution in [2.75, 3.05) is 13.1 Å². The first-order valence-corrected chi connectivity index (χ1v) is 12.3. The van der Waals surface area contributed by atoms with Crippen molar-refractivity contribution >= 4 is 23.8 Å². The first kappa shape index (κ1) is 24.0. The summed E-state index contributed by atoms with van der Waals surface area (Å²) in [5, 5.41) is 5.92. The van der Waals surface area contributed by atoms with Gasteiger partial charge in [0.05, 0.1) is 10.8 Å². The van der Waals surface area contributed by atoms with Crippen molar-refractivity contribution in [1.82, 2.24) is 10.6 Å². The van der Waals surface area contributed by atoms with Gasteiger partial charge in [-0.05, 0) is 58.8 Å². The molecule has 2 heterocycles. The number of unbranched alkanes of at least 4 members (excludes halogenated alkanes) is 2. The molecule has 4 aliphatic rings. The molecule has 2 N–H and O–H groups in total. The van der Waals surface area contributed by atoms with E-state index in [1.54, 1.807) is 0 Å². The summed E-state index contributed by atoms with van der Waals surface area (Å²) in [5.41, 5.74) is -4.46. The molecule has 4 bridgehead atoms. The summed E-state index contributed by atoms with van der Waals surface area (Å²) in [6.45, 7) is 12.6. The van der Waals surface area contributed by atoms with Crippen LogP contribution in [-0.2, 0) is 28.7 Å². The molecule has 2 aliphatic heterocycles. The van der Waals surface area contributed by atoms with E-state index in [2.05, 4.69) is 10.6 Å². The Morgan fingerprint density at radius 3 is 1.30 bits per heavy atom. The third kappa shape index (κ3) is 2.75. The predicted molar refractivity (Wildman–Crippen MR) is 120 cm³/mol. The van der Waals surface area contributed by atoms with Crippen molar-refractivity contribution in [3.8, 4) is 0 Å². The van der Waals surface area contributed by atoms with Gasteiger partial charge in [-0.3, -0.25) is 19.2 Å². The lowest BCUT2D eigenvalue weighted by atomic mass is 9.66. The fraction of sp³-hybridized carbons (Fsp3) is 0.840. The highest BCUT2D eigenvalue weighted by Gasteiger charge is 2.76. The van der Waals surface area contributed by atoms with Crippen LogP contribution >= 0.6 is 0 Å². The molecule has 2 saturated heterocycles. The van der Waals surface area contributed by atoms with Gasteiger partial charge in [0, 0.05) is 23.9 Å². The summed E-state index contributed by atoms with van der Waals surface area (Å²) in [5.74, 6) is -0.960. The SMILES string of the molecule is CC1(C)[C@@]2(C)CC[C@]1(C(=O)NCCCCCNC(=O)[C@@]13CC[C@](C)(C(=O)O1)C3(C)C)OC2=O. The van der Waals surface area contributed by atoms with E-state index in [0.717, 1.165) is 19.3 Å². The second kappa shape index (κ2) is 7.19. The Labute approximate surface area is 195 Å². The van der Waals surface area contributed by atoms with Gasteiger partial charge in [-0.15, -0.1) is 0 Å². The number of fused-ring (bicyclic) bond motifs is 4. The van der Waals surface area contributed by atoms with Gasteiger partial charge >= 0.3 is 11.9 Å². The summed E-state index contributed by atoms with van der Waals surface area (Å²) < 4.78 is 11.2. The zero-order valence-corrected chi connectivity index (χ0v) is 20.8. The maximum Gasteiger partial charge on any atom is 0.313 e. The Bertz CT molecular complexity index is 841. The molecule has 2 amide bonds. The minimum atomic E-state index is -1.08. The molecule has 0 unspecified atom stereocenters. The number of hydrogen-bond acceptors (Lipinski definition) is 6. The maximum absolute atomic E-state index is 13.0. The van der Waals surface area contributed by atoms with Crippen LogP contribution < -0.4 is 10.6 Å². The minimum absolute atomic E-state index is 0.205. The van der Waals surface area contributed by atoms with Gasteiger partial charge in [0.15, 0.2) is 11.2 Å². The molecule has 0 radical (unpaired) electrons. The standard InChI is InChI=1S/C25H38N2O6/c1-20(2)22(5)10-12-24(20,32-18(22)30)16(28)26-14-8-7-9-15-27-17(29)25-13-11-23(6,19(31)33-25)21(25,3)4/h7-15H2,1-6H3,(H,26,28)(H,27,29)/t22-,23+,24-,25-/m1/s1. The van der Waals surface area contributed by atoms with Crippen molar-refractivity contribution in [1.29, 1.82) is 0 Å². The van der Waals surface area contributed by atoms with Gasteiger partial charge in [0.2, 0.25) is 0 Å². The van der Waals surface area contributed by atoms with E-state index in [1.165, 1.54) is 0 Å². The van der Waals surface area contributed by atoms with Crippen LogP contribution in [0.1, 0.15) is 86.5 Å². The van der Waals surface area contributed by atoms with Crippen molar-refractivity contribution in [2.24, 2.45) is 21.7 Å². The first-order chi connectivity index (χ1) is 15.2. The Kier molecular flexibility index (Phi) is 5.23. The third-order valence-corrected chi connectivity index (χ3v) is 10.3. The zero-order chi connectivity index (χ0) is 24.5. The molecular weight excluding hydrogens is 424 g/mol. The molecule has 2 aliphatic carbocycles. The smallest absolute Gasteiger partial charge is 0.313 e. The van der Waals surface area contributed by atoms with Crippen LogP contribution in [0.2, 0.25) is 0 Å². The highest BCUT2D eigenvalue weighted by atomic mass is 16.6. The van der Waals surface area contributed by atoms with Gasteiger partial charge < -0.3 is 20.1 Å². The fourth-order valence-electron chi connectivity index (χ4n) is 6.61. The van der Waals surface area contributed by atoms with Crippen molar-refractivity contribution in [3.63, 3.8) is 0 Å². The van der Waals surface area contributed by atoms with E-state index in [1.807, 2.05) is 41.5 Å². The van der Waals surface area contributed by atoms with Gasteiger partial charge in [-0.25, -0.2) is 0 Å². The predicted octanol–water partition coefficient (Wildman–Crippen LogP) is 2.63. The van der Waals surface area contributed by atoms with Crippen molar-refractivity contribution in [3.05, 3.63) is 0 Å². The largest absolute Gasteiger partial charge is 0.448 e. The van der Waals surface area contributed by atoms with Crippen LogP contribution in [0.3, 0.4) is 0 Å². The molecule has 2 saturated carbocycles. The summed E-state index contributed by atoms with van der Waals surface area (Å²) >= 11 is 0. The highest BCUT2D eigenvalue weighted by molar-refractivity contribution is 5.97. The van der Waals surface area contributed by atoms with Gasteiger partial charge in [-0.2, -0.15) is 0 Å². The van der Waals surface area contributed by atoms with Crippen LogP contribution in [0.25, 0.3) is 0 Å². The fourth-order valence-corrected chi connectivity index (χ4v) is 6.61. The monoisotopic (exact) mass is 462 g/mol. The summed E-state index contributed by atoms with van der Waals surface area (Å²) in [6.07, 6.45) is 4.78. The molecular formula is C25H38N2O6. The average molecular weight is 463 g/mol. The molecule has 33 heavy (non-hydrogen) atoms. The number of hydrogen-bond donors (Lipinski definition) is 2. The van der Waals surface area contributed by atoms with Gasteiger partial charge in [0.1, 0.15) is 0 Å². The molecule has 4 atom stereocenters. The number of carbonyl (C=O) groups is 4. The van der Waals surface area contributed by atoms with Crippen molar-refractivity contribution in [2.45, 2.75) is 97.7 Å². The first-order valence-electron chi connectivity index (χ1n) is 12.3. The molecule has 8 nitrogen and oxygen atoms in total. The molecule has 0 spiro atoms. The number of esters is 2. The minimum Gasteiger partial charge on any atom is -0.448 e. The average Bonchev–Trinajstić information content (AvgIpc) is 3.20. The van der Waals surface area contributed by atoms with E-state index in [-0.39, 0.29) is 23.8 Å². The Hall–Kier alpha value is -2.12. The highest BCUT2D eigenvalue weighted by Crippen LogP contribution is 2.66. The summed E-state index contributed by atoms with van der Waals surface area (Å²) in [4.78, 5) is 50.6. The Morgan fingerprint density at radius 1 is 0.667 bits per heavy atom. The Morgan fingerprint density at radius 2 is 1.03 bits per heavy atom. The normalized spacial score (nSPS) is 39.3. The number of amides is 2. The quantitative estimate of drug-likeness (QED) is 0.424. The molecule has 8 heteroatoms.